The normalized spacial score (nSPS) is 11.3. The van der Waals surface area contributed by atoms with Crippen LogP contribution in [0.25, 0.3) is 22.2 Å². The second kappa shape index (κ2) is 7.37. The molecule has 0 unspecified atom stereocenters. The highest BCUT2D eigenvalue weighted by Gasteiger charge is 2.21. The van der Waals surface area contributed by atoms with Crippen molar-refractivity contribution in [3.05, 3.63) is 90.5 Å². The van der Waals surface area contributed by atoms with Crippen molar-refractivity contribution in [3.63, 3.8) is 0 Å². The molecule has 4 aromatic rings. The third-order valence-electron chi connectivity index (χ3n) is 4.45. The molecule has 0 atom stereocenters. The van der Waals surface area contributed by atoms with Crippen LogP contribution in [0.4, 0.5) is 5.69 Å². The molecule has 0 spiro atoms. The van der Waals surface area contributed by atoms with E-state index in [1.807, 2.05) is 36.4 Å². The Balaban J connectivity index is 1.78. The van der Waals surface area contributed by atoms with Crippen LogP contribution in [0.3, 0.4) is 0 Å². The number of benzene rings is 3. The number of nitrogen functional groups attached to an aromatic ring is 1. The number of para-hydroxylation sites is 1. The van der Waals surface area contributed by atoms with E-state index in [-0.39, 0.29) is 10.5 Å². The number of aromatic nitrogens is 1. The van der Waals surface area contributed by atoms with Gasteiger partial charge in [-0.2, -0.15) is 0 Å². The first kappa shape index (κ1) is 18.6. The summed E-state index contributed by atoms with van der Waals surface area (Å²) in [5.74, 6) is -0.724. The largest absolute Gasteiger partial charge is 0.399 e. The molecule has 0 bridgehead atoms. The highest BCUT2D eigenvalue weighted by Crippen LogP contribution is 2.25. The van der Waals surface area contributed by atoms with Gasteiger partial charge in [0.1, 0.15) is 0 Å². The van der Waals surface area contributed by atoms with Crippen molar-refractivity contribution >= 4 is 32.5 Å². The van der Waals surface area contributed by atoms with Crippen LogP contribution in [0.2, 0.25) is 0 Å². The van der Waals surface area contributed by atoms with Gasteiger partial charge in [-0.05, 0) is 36.4 Å². The molecule has 1 aromatic heterocycles. The number of anilines is 1. The van der Waals surface area contributed by atoms with E-state index in [0.717, 1.165) is 5.56 Å². The predicted octanol–water partition coefficient (Wildman–Crippen LogP) is 3.60. The fourth-order valence-corrected chi connectivity index (χ4v) is 3.97. The molecule has 0 saturated carbocycles. The minimum absolute atomic E-state index is 0.0401. The summed E-state index contributed by atoms with van der Waals surface area (Å²) in [6, 6.07) is 23.7. The molecule has 4 rings (SSSR count). The van der Waals surface area contributed by atoms with Crippen molar-refractivity contribution in [3.8, 4) is 11.3 Å². The van der Waals surface area contributed by atoms with E-state index in [4.69, 9.17) is 5.73 Å². The maximum Gasteiger partial charge on any atom is 0.265 e. The number of carbonyl (C=O) groups excluding carboxylic acids is 1. The molecule has 0 aliphatic heterocycles. The molecule has 0 aliphatic carbocycles. The Labute approximate surface area is 168 Å². The van der Waals surface area contributed by atoms with Gasteiger partial charge in [0.2, 0.25) is 0 Å². The van der Waals surface area contributed by atoms with Gasteiger partial charge in [0, 0.05) is 16.6 Å². The molecular formula is C22H17N3O3S. The van der Waals surface area contributed by atoms with Gasteiger partial charge in [0.05, 0.1) is 21.7 Å². The first-order chi connectivity index (χ1) is 13.9. The lowest BCUT2D eigenvalue weighted by Crippen LogP contribution is -2.30. The zero-order valence-corrected chi connectivity index (χ0v) is 16.1. The molecule has 6 nitrogen and oxygen atoms in total. The number of carbonyl (C=O) groups is 1. The number of nitrogens with one attached hydrogen (secondary N) is 1. The van der Waals surface area contributed by atoms with E-state index in [1.165, 1.54) is 24.3 Å². The number of nitrogens with zero attached hydrogens (tertiary/aromatic N) is 1. The van der Waals surface area contributed by atoms with Gasteiger partial charge < -0.3 is 5.73 Å². The van der Waals surface area contributed by atoms with Gasteiger partial charge in [-0.25, -0.2) is 18.1 Å². The molecule has 0 fully saturated rings. The van der Waals surface area contributed by atoms with E-state index in [9.17, 15) is 13.2 Å². The highest BCUT2D eigenvalue weighted by atomic mass is 32.2. The molecule has 7 heteroatoms. The Morgan fingerprint density at radius 3 is 2.24 bits per heavy atom. The van der Waals surface area contributed by atoms with Crippen LogP contribution in [-0.4, -0.2) is 19.3 Å². The van der Waals surface area contributed by atoms with Crippen molar-refractivity contribution in [1.82, 2.24) is 9.71 Å². The summed E-state index contributed by atoms with van der Waals surface area (Å²) in [7, 11) is -4.05. The fraction of sp³-hybridized carbons (Fsp3) is 0. The molecule has 0 radical (unpaired) electrons. The van der Waals surface area contributed by atoms with Crippen molar-refractivity contribution < 1.29 is 13.2 Å². The van der Waals surface area contributed by atoms with Gasteiger partial charge in [0.15, 0.2) is 0 Å². The molecule has 144 valence electrons. The zero-order valence-electron chi connectivity index (χ0n) is 15.2. The monoisotopic (exact) mass is 403 g/mol. The fourth-order valence-electron chi connectivity index (χ4n) is 3.00. The van der Waals surface area contributed by atoms with Crippen LogP contribution in [0.15, 0.2) is 89.8 Å². The molecule has 0 aliphatic rings. The van der Waals surface area contributed by atoms with E-state index in [0.29, 0.717) is 22.3 Å². The molecule has 1 heterocycles. The Morgan fingerprint density at radius 2 is 1.52 bits per heavy atom. The Bertz CT molecular complexity index is 1300. The Hall–Kier alpha value is -3.71. The van der Waals surface area contributed by atoms with Gasteiger partial charge in [0.25, 0.3) is 15.9 Å². The summed E-state index contributed by atoms with van der Waals surface area (Å²) >= 11 is 0. The summed E-state index contributed by atoms with van der Waals surface area (Å²) in [6.45, 7) is 0. The summed E-state index contributed by atoms with van der Waals surface area (Å²) < 4.78 is 27.4. The first-order valence-corrected chi connectivity index (χ1v) is 10.3. The lowest BCUT2D eigenvalue weighted by atomic mass is 10.0. The number of amides is 1. The van der Waals surface area contributed by atoms with E-state index >= 15 is 0 Å². The second-order valence-electron chi connectivity index (χ2n) is 6.44. The van der Waals surface area contributed by atoms with Crippen LogP contribution >= 0.6 is 0 Å². The number of pyridine rings is 1. The molecule has 3 aromatic carbocycles. The summed E-state index contributed by atoms with van der Waals surface area (Å²) in [6.07, 6.45) is 0. The van der Waals surface area contributed by atoms with Crippen molar-refractivity contribution in [2.45, 2.75) is 4.90 Å². The lowest BCUT2D eigenvalue weighted by molar-refractivity contribution is 0.0983. The zero-order chi connectivity index (χ0) is 20.4. The molecule has 3 N–H and O–H groups in total. The number of nitrogens with two attached hydrogens (primary N) is 1. The number of hydrogen-bond acceptors (Lipinski definition) is 5. The highest BCUT2D eigenvalue weighted by molar-refractivity contribution is 7.90. The predicted molar refractivity (Wildman–Crippen MR) is 113 cm³/mol. The SMILES string of the molecule is Nc1ccc(S(=O)(=O)NC(=O)c2cc(-c3ccccc3)nc3ccccc23)cc1. The Kier molecular flexibility index (Phi) is 4.74. The number of hydrogen-bond donors (Lipinski definition) is 2. The maximum atomic E-state index is 13.0. The number of sulfonamides is 1. The van der Waals surface area contributed by atoms with Crippen LogP contribution in [0.1, 0.15) is 10.4 Å². The van der Waals surface area contributed by atoms with Gasteiger partial charge in [-0.3, -0.25) is 4.79 Å². The van der Waals surface area contributed by atoms with E-state index in [1.54, 1.807) is 24.3 Å². The van der Waals surface area contributed by atoms with Crippen molar-refractivity contribution in [1.29, 1.82) is 0 Å². The minimum atomic E-state index is -4.05. The van der Waals surface area contributed by atoms with E-state index in [2.05, 4.69) is 9.71 Å². The van der Waals surface area contributed by atoms with Crippen LogP contribution in [-0.2, 0) is 10.0 Å². The number of fused-ring (bicyclic) bond motifs is 1. The summed E-state index contributed by atoms with van der Waals surface area (Å²) in [4.78, 5) is 17.5. The maximum absolute atomic E-state index is 13.0. The smallest absolute Gasteiger partial charge is 0.265 e. The van der Waals surface area contributed by atoms with Crippen molar-refractivity contribution in [2.75, 3.05) is 5.73 Å². The molecule has 1 amide bonds. The van der Waals surface area contributed by atoms with Crippen LogP contribution < -0.4 is 10.5 Å². The van der Waals surface area contributed by atoms with E-state index < -0.39 is 15.9 Å². The number of rotatable bonds is 4. The topological polar surface area (TPSA) is 102 Å². The molecule has 29 heavy (non-hydrogen) atoms. The molecular weight excluding hydrogens is 386 g/mol. The second-order valence-corrected chi connectivity index (χ2v) is 8.12. The van der Waals surface area contributed by atoms with Crippen molar-refractivity contribution in [2.24, 2.45) is 0 Å². The third-order valence-corrected chi connectivity index (χ3v) is 5.79. The first-order valence-electron chi connectivity index (χ1n) is 8.82. The quantitative estimate of drug-likeness (QED) is 0.507. The average Bonchev–Trinajstić information content (AvgIpc) is 2.73. The van der Waals surface area contributed by atoms with Crippen LogP contribution in [0.5, 0.6) is 0 Å². The molecule has 0 saturated heterocycles. The minimum Gasteiger partial charge on any atom is -0.399 e. The van der Waals surface area contributed by atoms with Gasteiger partial charge in [-0.1, -0.05) is 48.5 Å². The lowest BCUT2D eigenvalue weighted by Gasteiger charge is -2.11. The van der Waals surface area contributed by atoms with Crippen LogP contribution in [0, 0.1) is 0 Å². The summed E-state index contributed by atoms with van der Waals surface area (Å²) in [5, 5.41) is 0.567. The third kappa shape index (κ3) is 3.81. The standard InChI is InChI=1S/C22H17N3O3S/c23-16-10-12-17(13-11-16)29(27,28)25-22(26)19-14-21(15-6-2-1-3-7-15)24-20-9-5-4-8-18(19)20/h1-14H,23H2,(H,25,26). The summed E-state index contributed by atoms with van der Waals surface area (Å²) in [5.41, 5.74) is 8.28. The average molecular weight is 403 g/mol. The van der Waals surface area contributed by atoms with Gasteiger partial charge in [-0.15, -0.1) is 0 Å². The Morgan fingerprint density at radius 1 is 0.862 bits per heavy atom. The van der Waals surface area contributed by atoms with Gasteiger partial charge >= 0.3 is 0 Å².